The van der Waals surface area contributed by atoms with Gasteiger partial charge in [0.2, 0.25) is 11.7 Å². The van der Waals surface area contributed by atoms with Gasteiger partial charge in [-0.15, -0.1) is 23.4 Å². The Morgan fingerprint density at radius 3 is 2.57 bits per heavy atom. The Morgan fingerprint density at radius 1 is 1.14 bits per heavy atom. The quantitative estimate of drug-likeness (QED) is 0.673. The molecule has 0 aliphatic carbocycles. The number of halogens is 4. The second-order valence-electron chi connectivity index (χ2n) is 5.58. The Balaban J connectivity index is 1.59. The summed E-state index contributed by atoms with van der Waals surface area (Å²) in [5, 5.41) is 14.8. The van der Waals surface area contributed by atoms with Crippen LogP contribution in [-0.2, 0) is 17.9 Å². The summed E-state index contributed by atoms with van der Waals surface area (Å²) in [6.45, 7) is -0.396. The van der Waals surface area contributed by atoms with E-state index in [4.69, 9.17) is 11.6 Å². The Kier molecular flexibility index (Phi) is 5.78. The molecular formula is C17H13ClF3N5O2. The van der Waals surface area contributed by atoms with E-state index in [1.807, 2.05) is 0 Å². The van der Waals surface area contributed by atoms with Gasteiger partial charge in [0, 0.05) is 22.7 Å². The average molecular weight is 412 g/mol. The molecule has 3 aromatic rings. The van der Waals surface area contributed by atoms with Crippen molar-refractivity contribution in [2.45, 2.75) is 19.5 Å². The lowest BCUT2D eigenvalue weighted by molar-refractivity contribution is -0.274. The first-order valence-corrected chi connectivity index (χ1v) is 8.32. The van der Waals surface area contributed by atoms with Crippen molar-refractivity contribution in [1.29, 1.82) is 0 Å². The van der Waals surface area contributed by atoms with E-state index in [1.54, 1.807) is 30.3 Å². The second-order valence-corrected chi connectivity index (χ2v) is 6.02. The minimum Gasteiger partial charge on any atom is -0.405 e. The predicted octanol–water partition coefficient (Wildman–Crippen LogP) is 3.21. The predicted molar refractivity (Wildman–Crippen MR) is 93.2 cm³/mol. The average Bonchev–Trinajstić information content (AvgIpc) is 3.08. The number of nitrogens with zero attached hydrogens (tertiary/aromatic N) is 4. The molecule has 3 rings (SSSR count). The molecule has 0 bridgehead atoms. The van der Waals surface area contributed by atoms with Crippen molar-refractivity contribution in [3.63, 3.8) is 0 Å². The smallest absolute Gasteiger partial charge is 0.405 e. The molecule has 0 atom stereocenters. The van der Waals surface area contributed by atoms with Crippen LogP contribution in [0.15, 0.2) is 48.5 Å². The summed E-state index contributed by atoms with van der Waals surface area (Å²) >= 11 is 5.82. The summed E-state index contributed by atoms with van der Waals surface area (Å²) in [4.78, 5) is 13.1. The highest BCUT2D eigenvalue weighted by atomic mass is 35.5. The van der Waals surface area contributed by atoms with Gasteiger partial charge < -0.3 is 10.1 Å². The van der Waals surface area contributed by atoms with E-state index in [9.17, 15) is 18.0 Å². The molecule has 0 saturated carbocycles. The molecule has 7 nitrogen and oxygen atoms in total. The number of carbonyl (C=O) groups is 1. The van der Waals surface area contributed by atoms with Crippen molar-refractivity contribution in [2.75, 3.05) is 0 Å². The molecule has 0 spiro atoms. The molecule has 0 aliphatic heterocycles. The van der Waals surface area contributed by atoms with Gasteiger partial charge in [-0.2, -0.15) is 4.80 Å². The van der Waals surface area contributed by atoms with Crippen molar-refractivity contribution in [1.82, 2.24) is 25.5 Å². The molecule has 146 valence electrons. The summed E-state index contributed by atoms with van der Waals surface area (Å²) in [6, 6.07) is 12.3. The van der Waals surface area contributed by atoms with Crippen LogP contribution in [0.4, 0.5) is 13.2 Å². The van der Waals surface area contributed by atoms with Gasteiger partial charge in [-0.05, 0) is 35.5 Å². The topological polar surface area (TPSA) is 81.9 Å². The molecule has 2 aromatic carbocycles. The number of rotatable bonds is 6. The van der Waals surface area contributed by atoms with E-state index in [0.717, 1.165) is 4.80 Å². The zero-order chi connectivity index (χ0) is 20.1. The lowest BCUT2D eigenvalue weighted by Gasteiger charge is -2.13. The lowest BCUT2D eigenvalue weighted by Crippen LogP contribution is -2.28. The normalized spacial score (nSPS) is 11.3. The molecule has 1 N–H and O–H groups in total. The number of nitrogens with one attached hydrogen (secondary N) is 1. The van der Waals surface area contributed by atoms with Crippen molar-refractivity contribution >= 4 is 17.5 Å². The van der Waals surface area contributed by atoms with Crippen LogP contribution < -0.4 is 10.1 Å². The second kappa shape index (κ2) is 8.26. The fraction of sp³-hybridized carbons (Fsp3) is 0.176. The highest BCUT2D eigenvalue weighted by Crippen LogP contribution is 2.26. The van der Waals surface area contributed by atoms with E-state index < -0.39 is 12.3 Å². The van der Waals surface area contributed by atoms with E-state index in [-0.39, 0.29) is 24.4 Å². The molecule has 1 amide bonds. The van der Waals surface area contributed by atoms with E-state index in [1.165, 1.54) is 18.2 Å². The van der Waals surface area contributed by atoms with Crippen LogP contribution in [-0.4, -0.2) is 32.5 Å². The number of aromatic nitrogens is 4. The molecule has 1 heterocycles. The van der Waals surface area contributed by atoms with Gasteiger partial charge in [0.05, 0.1) is 0 Å². The van der Waals surface area contributed by atoms with E-state index >= 15 is 0 Å². The third-order valence-corrected chi connectivity index (χ3v) is 3.77. The first-order valence-electron chi connectivity index (χ1n) is 7.94. The van der Waals surface area contributed by atoms with Crippen LogP contribution in [0.2, 0.25) is 5.02 Å². The van der Waals surface area contributed by atoms with Gasteiger partial charge >= 0.3 is 6.36 Å². The number of carbonyl (C=O) groups excluding carboxylic acids is 1. The first-order chi connectivity index (χ1) is 13.3. The summed E-state index contributed by atoms with van der Waals surface area (Å²) in [7, 11) is 0. The number of amides is 1. The van der Waals surface area contributed by atoms with Crippen molar-refractivity contribution < 1.29 is 22.7 Å². The van der Waals surface area contributed by atoms with Gasteiger partial charge in [-0.25, -0.2) is 0 Å². The maximum absolute atomic E-state index is 12.4. The summed E-state index contributed by atoms with van der Waals surface area (Å²) < 4.78 is 41.2. The van der Waals surface area contributed by atoms with Crippen molar-refractivity contribution in [3.05, 3.63) is 59.1 Å². The maximum atomic E-state index is 12.4. The highest BCUT2D eigenvalue weighted by Gasteiger charge is 2.32. The highest BCUT2D eigenvalue weighted by molar-refractivity contribution is 6.30. The van der Waals surface area contributed by atoms with Crippen LogP contribution >= 0.6 is 11.6 Å². The number of ether oxygens (including phenoxy) is 1. The number of alkyl halides is 3. The van der Waals surface area contributed by atoms with Crippen LogP contribution in [0.5, 0.6) is 5.75 Å². The Bertz CT molecular complexity index is 960. The number of benzene rings is 2. The third-order valence-electron chi connectivity index (χ3n) is 3.51. The molecule has 0 saturated heterocycles. The number of tetrazole rings is 1. The number of hydrogen-bond donors (Lipinski definition) is 1. The van der Waals surface area contributed by atoms with E-state index in [0.29, 0.717) is 16.4 Å². The molecule has 0 aliphatic rings. The minimum atomic E-state index is -4.82. The van der Waals surface area contributed by atoms with Crippen LogP contribution in [0.3, 0.4) is 0 Å². The monoisotopic (exact) mass is 411 g/mol. The SMILES string of the molecule is O=C(Cn1nnc(-c2ccc(Cl)cc2)n1)NCc1ccccc1OC(F)(F)F. The van der Waals surface area contributed by atoms with Gasteiger partial charge in [0.15, 0.2) is 0 Å². The lowest BCUT2D eigenvalue weighted by atomic mass is 10.2. The largest absolute Gasteiger partial charge is 0.573 e. The molecule has 0 unspecified atom stereocenters. The summed E-state index contributed by atoms with van der Waals surface area (Å²) in [5.41, 5.74) is 0.857. The van der Waals surface area contributed by atoms with E-state index in [2.05, 4.69) is 25.5 Å². The summed E-state index contributed by atoms with van der Waals surface area (Å²) in [5.74, 6) is -0.561. The van der Waals surface area contributed by atoms with Crippen LogP contribution in [0.1, 0.15) is 5.56 Å². The van der Waals surface area contributed by atoms with Gasteiger partial charge in [0.1, 0.15) is 12.3 Å². The molecule has 1 aromatic heterocycles. The molecule has 11 heteroatoms. The number of hydrogen-bond acceptors (Lipinski definition) is 5. The van der Waals surface area contributed by atoms with Gasteiger partial charge in [-0.1, -0.05) is 29.8 Å². The third kappa shape index (κ3) is 5.43. The Morgan fingerprint density at radius 2 is 1.86 bits per heavy atom. The fourth-order valence-corrected chi connectivity index (χ4v) is 2.40. The van der Waals surface area contributed by atoms with Crippen molar-refractivity contribution in [2.24, 2.45) is 0 Å². The maximum Gasteiger partial charge on any atom is 0.573 e. The zero-order valence-electron chi connectivity index (χ0n) is 14.2. The van der Waals surface area contributed by atoms with Crippen molar-refractivity contribution in [3.8, 4) is 17.1 Å². The van der Waals surface area contributed by atoms with Crippen LogP contribution in [0, 0.1) is 0 Å². The molecule has 28 heavy (non-hydrogen) atoms. The van der Waals surface area contributed by atoms with Crippen LogP contribution in [0.25, 0.3) is 11.4 Å². The fourth-order valence-electron chi connectivity index (χ4n) is 2.28. The Labute approximate surface area is 162 Å². The molecule has 0 radical (unpaired) electrons. The molecular weight excluding hydrogens is 399 g/mol. The number of para-hydroxylation sites is 1. The van der Waals surface area contributed by atoms with Gasteiger partial charge in [-0.3, -0.25) is 4.79 Å². The molecule has 0 fully saturated rings. The standard InChI is InChI=1S/C17H13ClF3N5O2/c18-13-7-5-11(6-8-13)16-23-25-26(24-16)10-15(27)22-9-12-3-1-2-4-14(12)28-17(19,20)21/h1-8H,9-10H2,(H,22,27). The first kappa shape index (κ1) is 19.6. The summed E-state index contributed by atoms with van der Waals surface area (Å²) in [6.07, 6.45) is -4.82. The zero-order valence-corrected chi connectivity index (χ0v) is 14.9. The van der Waals surface area contributed by atoms with Gasteiger partial charge in [0.25, 0.3) is 0 Å². The minimum absolute atomic E-state index is 0.149. The Hall–Kier alpha value is -3.14.